The van der Waals surface area contributed by atoms with E-state index < -0.39 is 0 Å². The molecule has 1 saturated heterocycles. The van der Waals surface area contributed by atoms with Gasteiger partial charge in [-0.25, -0.2) is 4.39 Å². The molecule has 118 valence electrons. The second-order valence-corrected chi connectivity index (χ2v) is 6.71. The number of ether oxygens (including phenoxy) is 2. The highest BCUT2D eigenvalue weighted by atomic mass is 19.1. The van der Waals surface area contributed by atoms with Crippen LogP contribution in [-0.2, 0) is 4.74 Å². The summed E-state index contributed by atoms with van der Waals surface area (Å²) < 4.78 is 25.4. The maximum atomic E-state index is 13.8. The number of benzene rings is 1. The number of morpholine rings is 1. The van der Waals surface area contributed by atoms with Crippen LogP contribution in [0.1, 0.15) is 24.8 Å². The fourth-order valence-electron chi connectivity index (χ4n) is 3.32. The van der Waals surface area contributed by atoms with E-state index in [1.54, 1.807) is 12.1 Å². The van der Waals surface area contributed by atoms with E-state index in [-0.39, 0.29) is 11.9 Å². The molecule has 0 radical (unpaired) electrons. The first kappa shape index (κ1) is 14.2. The number of fused-ring (bicyclic) bond motifs is 2. The zero-order chi connectivity index (χ0) is 15.1. The van der Waals surface area contributed by atoms with Crippen LogP contribution in [0, 0.1) is 11.7 Å². The van der Waals surface area contributed by atoms with E-state index in [0.717, 1.165) is 30.9 Å². The van der Waals surface area contributed by atoms with Crippen molar-refractivity contribution in [1.29, 1.82) is 0 Å². The third-order valence-corrected chi connectivity index (χ3v) is 5.01. The minimum atomic E-state index is -0.199. The molecule has 3 nitrogen and oxygen atoms in total. The topological polar surface area (TPSA) is 21.7 Å². The predicted octanol–water partition coefficient (Wildman–Crippen LogP) is 3.10. The van der Waals surface area contributed by atoms with E-state index in [1.165, 1.54) is 24.5 Å². The van der Waals surface area contributed by atoms with Crippen molar-refractivity contribution in [2.75, 3.05) is 26.9 Å². The molecule has 0 N–H and O–H groups in total. The van der Waals surface area contributed by atoms with Crippen LogP contribution in [0.4, 0.5) is 4.39 Å². The van der Waals surface area contributed by atoms with Gasteiger partial charge >= 0.3 is 0 Å². The lowest BCUT2D eigenvalue weighted by molar-refractivity contribution is -0.0221. The van der Waals surface area contributed by atoms with Crippen molar-refractivity contribution in [2.45, 2.75) is 31.3 Å². The first-order chi connectivity index (χ1) is 10.7. The molecule has 0 spiro atoms. The molecule has 0 amide bonds. The number of halogens is 1. The lowest BCUT2D eigenvalue weighted by Gasteiger charge is -2.42. The molecule has 2 atom stereocenters. The van der Waals surface area contributed by atoms with Gasteiger partial charge in [0.2, 0.25) is 0 Å². The lowest BCUT2D eigenvalue weighted by Crippen LogP contribution is -2.51. The van der Waals surface area contributed by atoms with Gasteiger partial charge in [0.15, 0.2) is 0 Å². The smallest absolute Gasteiger partial charge is 0.126 e. The molecular formula is C18H22FNO2. The van der Waals surface area contributed by atoms with Crippen LogP contribution in [-0.4, -0.2) is 43.9 Å². The van der Waals surface area contributed by atoms with Gasteiger partial charge in [-0.15, -0.1) is 0 Å². The Morgan fingerprint density at radius 1 is 1.32 bits per heavy atom. The largest absolute Gasteiger partial charge is 0.493 e. The van der Waals surface area contributed by atoms with Gasteiger partial charge in [0.05, 0.1) is 25.9 Å². The quantitative estimate of drug-likeness (QED) is 0.853. The average molecular weight is 303 g/mol. The van der Waals surface area contributed by atoms with Gasteiger partial charge in [-0.2, -0.15) is 0 Å². The Balaban J connectivity index is 1.64. The molecule has 1 saturated carbocycles. The Bertz CT molecular complexity index is 597. The molecule has 2 bridgehead atoms. The fourth-order valence-corrected chi connectivity index (χ4v) is 3.32. The molecule has 0 aromatic heterocycles. The van der Waals surface area contributed by atoms with Crippen molar-refractivity contribution < 1.29 is 13.9 Å². The highest BCUT2D eigenvalue weighted by molar-refractivity contribution is 5.72. The van der Waals surface area contributed by atoms with Crippen molar-refractivity contribution in [3.05, 3.63) is 35.7 Å². The maximum absolute atomic E-state index is 13.8. The third-order valence-electron chi connectivity index (χ3n) is 5.01. The normalized spacial score (nSPS) is 28.4. The van der Waals surface area contributed by atoms with E-state index in [0.29, 0.717) is 18.6 Å². The van der Waals surface area contributed by atoms with Crippen molar-refractivity contribution in [3.63, 3.8) is 0 Å². The first-order valence-electron chi connectivity index (χ1n) is 8.14. The van der Waals surface area contributed by atoms with Crippen LogP contribution in [0.25, 0.3) is 5.57 Å². The van der Waals surface area contributed by atoms with Gasteiger partial charge in [-0.05, 0) is 56.0 Å². The molecule has 2 aliphatic heterocycles. The molecule has 4 rings (SSSR count). The van der Waals surface area contributed by atoms with Gasteiger partial charge < -0.3 is 9.47 Å². The van der Waals surface area contributed by atoms with E-state index >= 15 is 0 Å². The van der Waals surface area contributed by atoms with Crippen molar-refractivity contribution in [2.24, 2.45) is 5.92 Å². The molecule has 4 heteroatoms. The van der Waals surface area contributed by atoms with Gasteiger partial charge in [-0.1, -0.05) is 6.08 Å². The number of likely N-dealkylation sites (N-methyl/N-ethyl adjacent to an activating group) is 1. The van der Waals surface area contributed by atoms with Gasteiger partial charge in [0.1, 0.15) is 11.6 Å². The molecule has 1 aliphatic carbocycles. The Labute approximate surface area is 130 Å². The van der Waals surface area contributed by atoms with E-state index in [4.69, 9.17) is 9.47 Å². The number of nitrogens with zero attached hydrogens (tertiary/aromatic N) is 1. The molecule has 1 aromatic carbocycles. The Kier molecular flexibility index (Phi) is 3.66. The summed E-state index contributed by atoms with van der Waals surface area (Å²) in [6.45, 7) is 2.21. The summed E-state index contributed by atoms with van der Waals surface area (Å²) in [5.74, 6) is 1.32. The summed E-state index contributed by atoms with van der Waals surface area (Å²) in [7, 11) is 2.14. The molecule has 2 heterocycles. The molecular weight excluding hydrogens is 281 g/mol. The third kappa shape index (κ3) is 2.77. The summed E-state index contributed by atoms with van der Waals surface area (Å²) in [6.07, 6.45) is 5.61. The molecule has 22 heavy (non-hydrogen) atoms. The molecule has 2 unspecified atom stereocenters. The van der Waals surface area contributed by atoms with Gasteiger partial charge in [-0.3, -0.25) is 4.90 Å². The Morgan fingerprint density at radius 2 is 2.18 bits per heavy atom. The summed E-state index contributed by atoms with van der Waals surface area (Å²) >= 11 is 0. The number of rotatable bonds is 4. The highest BCUT2D eigenvalue weighted by Crippen LogP contribution is 2.37. The van der Waals surface area contributed by atoms with Gasteiger partial charge in [0.25, 0.3) is 0 Å². The lowest BCUT2D eigenvalue weighted by atomic mass is 9.90. The number of hydrogen-bond acceptors (Lipinski definition) is 3. The average Bonchev–Trinajstić information content (AvgIpc) is 3.30. The minimum Gasteiger partial charge on any atom is -0.493 e. The second-order valence-electron chi connectivity index (χ2n) is 6.71. The van der Waals surface area contributed by atoms with Crippen LogP contribution < -0.4 is 4.74 Å². The second kappa shape index (κ2) is 5.67. The van der Waals surface area contributed by atoms with Crippen LogP contribution in [0.3, 0.4) is 0 Å². The minimum absolute atomic E-state index is 0.199. The summed E-state index contributed by atoms with van der Waals surface area (Å²) in [5.41, 5.74) is 2.12. The van der Waals surface area contributed by atoms with E-state index in [9.17, 15) is 4.39 Å². The zero-order valence-corrected chi connectivity index (χ0v) is 12.9. The van der Waals surface area contributed by atoms with Gasteiger partial charge in [0, 0.05) is 11.6 Å². The molecule has 1 aromatic rings. The van der Waals surface area contributed by atoms with E-state index in [1.807, 2.05) is 0 Å². The van der Waals surface area contributed by atoms with Crippen LogP contribution in [0.15, 0.2) is 24.3 Å². The summed E-state index contributed by atoms with van der Waals surface area (Å²) in [4.78, 5) is 2.36. The van der Waals surface area contributed by atoms with Crippen molar-refractivity contribution in [3.8, 4) is 5.75 Å². The first-order valence-corrected chi connectivity index (χ1v) is 8.14. The standard InChI is InChI=1S/C18H22FNO2/c1-20-15-6-13(7-16(20)11-21-10-15)17-8-14(19)4-5-18(17)22-9-12-2-3-12/h4-6,8,12,15-16H,2-3,7,9-11H2,1H3. The summed E-state index contributed by atoms with van der Waals surface area (Å²) in [5, 5.41) is 0. The van der Waals surface area contributed by atoms with Crippen LogP contribution in [0.5, 0.6) is 5.75 Å². The molecule has 2 fully saturated rings. The number of hydrogen-bond donors (Lipinski definition) is 0. The predicted molar refractivity (Wildman–Crippen MR) is 83.4 cm³/mol. The SMILES string of the molecule is CN1C2C=C(c3cc(F)ccc3OCC3CC3)CC1COC2. The summed E-state index contributed by atoms with van der Waals surface area (Å²) in [6, 6.07) is 5.54. The Hall–Kier alpha value is -1.39. The molecule has 3 aliphatic rings. The fraction of sp³-hybridized carbons (Fsp3) is 0.556. The van der Waals surface area contributed by atoms with E-state index in [2.05, 4.69) is 18.0 Å². The van der Waals surface area contributed by atoms with Crippen LogP contribution in [0.2, 0.25) is 0 Å². The van der Waals surface area contributed by atoms with Crippen LogP contribution >= 0.6 is 0 Å². The van der Waals surface area contributed by atoms with Crippen molar-refractivity contribution in [1.82, 2.24) is 4.90 Å². The monoisotopic (exact) mass is 303 g/mol. The zero-order valence-electron chi connectivity index (χ0n) is 12.9. The maximum Gasteiger partial charge on any atom is 0.126 e. The highest BCUT2D eigenvalue weighted by Gasteiger charge is 2.33. The Morgan fingerprint density at radius 3 is 2.95 bits per heavy atom. The van der Waals surface area contributed by atoms with Crippen molar-refractivity contribution >= 4 is 5.57 Å².